The number of fused-ring (bicyclic) bond motifs is 1. The highest BCUT2D eigenvalue weighted by atomic mass is 31.2. The minimum Gasteiger partial charge on any atom is -0.457 e. The molecule has 0 spiro atoms. The van der Waals surface area contributed by atoms with Crippen molar-refractivity contribution in [2.45, 2.75) is 71.9 Å². The summed E-state index contributed by atoms with van der Waals surface area (Å²) in [5.74, 6) is 0.300. The van der Waals surface area contributed by atoms with Crippen LogP contribution in [0.3, 0.4) is 0 Å². The summed E-state index contributed by atoms with van der Waals surface area (Å²) in [6, 6.07) is 14.1. The molecule has 0 radical (unpaired) electrons. The summed E-state index contributed by atoms with van der Waals surface area (Å²) < 4.78 is 74.4. The average molecular weight is 582 g/mol. The number of alkyl halides is 3. The second kappa shape index (κ2) is 11.9. The Balaban J connectivity index is 1.69. The van der Waals surface area contributed by atoms with Crippen molar-refractivity contribution in [3.05, 3.63) is 71.8 Å². The average Bonchev–Trinajstić information content (AvgIpc) is 2.80. The summed E-state index contributed by atoms with van der Waals surface area (Å²) in [7, 11) is -3.93. The van der Waals surface area contributed by atoms with E-state index in [-0.39, 0.29) is 18.3 Å². The van der Waals surface area contributed by atoms with Crippen LogP contribution in [0.15, 0.2) is 60.7 Å². The molecule has 1 atom stereocenters. The Morgan fingerprint density at radius 2 is 1.50 bits per heavy atom. The second-order valence-electron chi connectivity index (χ2n) is 11.3. The first kappa shape index (κ1) is 31.6. The van der Waals surface area contributed by atoms with Gasteiger partial charge in [-0.1, -0.05) is 12.1 Å². The Morgan fingerprint density at radius 3 is 2.05 bits per heavy atom. The second-order valence-corrected chi connectivity index (χ2v) is 12.9. The first-order chi connectivity index (χ1) is 18.3. The third-order valence-corrected chi connectivity index (χ3v) is 7.15. The van der Waals surface area contributed by atoms with E-state index >= 15 is 0 Å². The maximum Gasteiger partial charge on any atom is 0.475 e. The van der Waals surface area contributed by atoms with Gasteiger partial charge >= 0.3 is 14.0 Å². The lowest BCUT2D eigenvalue weighted by atomic mass is 10.1. The Hall–Kier alpha value is -2.91. The number of phosphoric ester groups is 1. The Kier molecular flexibility index (Phi) is 9.41. The van der Waals surface area contributed by atoms with E-state index in [9.17, 15) is 22.5 Å². The van der Waals surface area contributed by atoms with E-state index in [4.69, 9.17) is 18.3 Å². The quantitative estimate of drug-likeness (QED) is 0.255. The Labute approximate surface area is 232 Å². The number of nitrogens with one attached hydrogen (secondary N) is 1. The van der Waals surface area contributed by atoms with Gasteiger partial charge in [0.05, 0.1) is 29.4 Å². The summed E-state index contributed by atoms with van der Waals surface area (Å²) >= 11 is 0. The molecule has 0 bridgehead atoms. The van der Waals surface area contributed by atoms with Crippen molar-refractivity contribution < 1.29 is 40.8 Å². The number of rotatable bonds is 9. The van der Waals surface area contributed by atoms with Gasteiger partial charge in [0.25, 0.3) is 5.91 Å². The summed E-state index contributed by atoms with van der Waals surface area (Å²) in [4.78, 5) is 12.9. The van der Waals surface area contributed by atoms with Gasteiger partial charge in [0, 0.05) is 10.9 Å². The van der Waals surface area contributed by atoms with Crippen LogP contribution in [0.5, 0.6) is 11.5 Å². The molecule has 1 N–H and O–H groups in total. The Morgan fingerprint density at radius 1 is 0.900 bits per heavy atom. The molecule has 3 aromatic rings. The highest BCUT2D eigenvalue weighted by molar-refractivity contribution is 7.48. The molecule has 40 heavy (non-hydrogen) atoms. The van der Waals surface area contributed by atoms with E-state index in [1.807, 2.05) is 0 Å². The summed E-state index contributed by atoms with van der Waals surface area (Å²) in [5.41, 5.74) is -1.97. The molecule has 0 heterocycles. The molecular weight excluding hydrogens is 546 g/mol. The summed E-state index contributed by atoms with van der Waals surface area (Å²) in [6.07, 6.45) is -4.43. The van der Waals surface area contributed by atoms with Crippen LogP contribution in [0.1, 0.15) is 64.4 Å². The molecule has 3 rings (SSSR count). The lowest BCUT2D eigenvalue weighted by molar-refractivity contribution is -0.137. The molecular formula is C29H35F3NO6P. The summed E-state index contributed by atoms with van der Waals surface area (Å²) in [5, 5.41) is 4.18. The predicted molar refractivity (Wildman–Crippen MR) is 148 cm³/mol. The number of amides is 1. The molecule has 1 amide bonds. The highest BCUT2D eigenvalue weighted by Crippen LogP contribution is 2.55. The number of hydrogen-bond donors (Lipinski definition) is 1. The first-order valence-corrected chi connectivity index (χ1v) is 14.1. The largest absolute Gasteiger partial charge is 0.475 e. The molecule has 3 aromatic carbocycles. The minimum absolute atomic E-state index is 0.117. The first-order valence-electron chi connectivity index (χ1n) is 12.7. The number of halogens is 3. The number of phosphoric acid groups is 1. The Bertz CT molecular complexity index is 1360. The minimum atomic E-state index is -4.43. The number of carbonyl (C=O) groups excluding carboxylic acids is 1. The summed E-state index contributed by atoms with van der Waals surface area (Å²) in [6.45, 7) is 12.0. The van der Waals surface area contributed by atoms with Crippen molar-refractivity contribution in [3.8, 4) is 11.5 Å². The topological polar surface area (TPSA) is 83.1 Å². The fraction of sp³-hybridized carbons (Fsp3) is 0.414. The van der Waals surface area contributed by atoms with Gasteiger partial charge in [-0.3, -0.25) is 18.4 Å². The van der Waals surface area contributed by atoms with E-state index < -0.39 is 36.8 Å². The van der Waals surface area contributed by atoms with Gasteiger partial charge in [-0.15, -0.1) is 0 Å². The van der Waals surface area contributed by atoms with Gasteiger partial charge in [0.15, 0.2) is 0 Å². The maximum absolute atomic E-state index is 13.2. The van der Waals surface area contributed by atoms with Gasteiger partial charge in [0.2, 0.25) is 0 Å². The highest BCUT2D eigenvalue weighted by Gasteiger charge is 2.37. The molecule has 0 fully saturated rings. The zero-order valence-electron chi connectivity index (χ0n) is 23.6. The van der Waals surface area contributed by atoms with Crippen LogP contribution in [0.25, 0.3) is 10.8 Å². The third-order valence-electron chi connectivity index (χ3n) is 5.14. The van der Waals surface area contributed by atoms with E-state index in [0.717, 1.165) is 12.1 Å². The molecule has 0 saturated heterocycles. The van der Waals surface area contributed by atoms with Gasteiger partial charge in [-0.2, -0.15) is 13.2 Å². The molecule has 0 aliphatic carbocycles. The van der Waals surface area contributed by atoms with Crippen molar-refractivity contribution >= 4 is 24.5 Å². The van der Waals surface area contributed by atoms with Gasteiger partial charge < -0.3 is 10.1 Å². The van der Waals surface area contributed by atoms with E-state index in [2.05, 4.69) is 5.32 Å². The number of benzene rings is 3. The van der Waals surface area contributed by atoms with Gasteiger partial charge in [-0.05, 0) is 102 Å². The number of ether oxygens (including phenoxy) is 1. The number of hydrogen-bond acceptors (Lipinski definition) is 6. The van der Waals surface area contributed by atoms with Crippen LogP contribution in [0.2, 0.25) is 0 Å². The molecule has 0 aliphatic heterocycles. The van der Waals surface area contributed by atoms with Gasteiger partial charge in [-0.25, -0.2) is 4.57 Å². The molecule has 11 heteroatoms. The zero-order valence-corrected chi connectivity index (χ0v) is 24.5. The standard InChI is InChI=1S/C29H35F3NO6P/c1-19(18-36-40(35,38-27(2,3)4)39-28(5,6)7)33-26(34)21-11-16-24-20(17-21)9-8-10-25(24)37-23-14-12-22(13-15-23)29(30,31)32/h8-17,19H,18H2,1-7H3,(H,33,34)/t19-/m1/s1. The zero-order chi connectivity index (χ0) is 29.9. The van der Waals surface area contributed by atoms with Crippen molar-refractivity contribution in [3.63, 3.8) is 0 Å². The van der Waals surface area contributed by atoms with Crippen LogP contribution >= 0.6 is 7.82 Å². The lowest BCUT2D eigenvalue weighted by Gasteiger charge is -2.31. The van der Waals surface area contributed by atoms with Crippen molar-refractivity contribution in [1.29, 1.82) is 0 Å². The molecule has 0 unspecified atom stereocenters. The monoisotopic (exact) mass is 581 g/mol. The van der Waals surface area contributed by atoms with E-state index in [0.29, 0.717) is 22.1 Å². The van der Waals surface area contributed by atoms with Crippen LogP contribution in [-0.2, 0) is 24.3 Å². The van der Waals surface area contributed by atoms with Crippen LogP contribution < -0.4 is 10.1 Å². The third kappa shape index (κ3) is 9.34. The lowest BCUT2D eigenvalue weighted by Crippen LogP contribution is -2.36. The molecule has 0 aliphatic rings. The molecule has 0 saturated carbocycles. The fourth-order valence-corrected chi connectivity index (χ4v) is 5.51. The van der Waals surface area contributed by atoms with E-state index in [1.165, 1.54) is 12.1 Å². The SMILES string of the molecule is C[C@H](COP(=O)(OC(C)(C)C)OC(C)(C)C)NC(=O)c1ccc2c(Oc3ccc(C(F)(F)F)cc3)cccc2c1. The van der Waals surface area contributed by atoms with Gasteiger partial charge in [0.1, 0.15) is 11.5 Å². The molecule has 7 nitrogen and oxygen atoms in total. The number of carbonyl (C=O) groups is 1. The normalized spacial score (nSPS) is 13.8. The maximum atomic E-state index is 13.2. The van der Waals surface area contributed by atoms with Crippen LogP contribution in [-0.4, -0.2) is 29.8 Å². The van der Waals surface area contributed by atoms with E-state index in [1.54, 1.807) is 84.9 Å². The smallest absolute Gasteiger partial charge is 0.457 e. The fourth-order valence-electron chi connectivity index (χ4n) is 3.62. The van der Waals surface area contributed by atoms with Crippen LogP contribution in [0.4, 0.5) is 13.2 Å². The van der Waals surface area contributed by atoms with Crippen molar-refractivity contribution in [2.24, 2.45) is 0 Å². The molecule has 218 valence electrons. The van der Waals surface area contributed by atoms with Crippen LogP contribution in [0, 0.1) is 0 Å². The van der Waals surface area contributed by atoms with Crippen molar-refractivity contribution in [2.75, 3.05) is 6.61 Å². The molecule has 0 aromatic heterocycles. The predicted octanol–water partition coefficient (Wildman–Crippen LogP) is 8.52. The van der Waals surface area contributed by atoms with Crippen molar-refractivity contribution in [1.82, 2.24) is 5.32 Å².